The van der Waals surface area contributed by atoms with Gasteiger partial charge in [-0.15, -0.1) is 0 Å². The molecule has 1 N–H and O–H groups in total. The molecular formula is C17H15BrN2O6. The van der Waals surface area contributed by atoms with E-state index in [1.807, 2.05) is 0 Å². The van der Waals surface area contributed by atoms with Gasteiger partial charge in [0.2, 0.25) is 0 Å². The first kappa shape index (κ1) is 19.4. The average Bonchev–Trinajstić information content (AvgIpc) is 2.61. The van der Waals surface area contributed by atoms with Crippen molar-refractivity contribution in [3.8, 4) is 5.75 Å². The molecule has 0 aliphatic rings. The molecule has 0 saturated carbocycles. The highest BCUT2D eigenvalue weighted by Gasteiger charge is 2.13. The number of halogens is 1. The molecule has 9 heteroatoms. The summed E-state index contributed by atoms with van der Waals surface area (Å²) in [7, 11) is 0. The van der Waals surface area contributed by atoms with E-state index in [1.54, 1.807) is 31.2 Å². The normalized spacial score (nSPS) is 10.1. The molecule has 0 heterocycles. The smallest absolute Gasteiger partial charge is 0.344 e. The monoisotopic (exact) mass is 422 g/mol. The summed E-state index contributed by atoms with van der Waals surface area (Å²) >= 11 is 3.28. The topological polar surface area (TPSA) is 108 Å². The molecule has 0 fully saturated rings. The number of nitro groups is 1. The molecule has 8 nitrogen and oxygen atoms in total. The molecular weight excluding hydrogens is 408 g/mol. The van der Waals surface area contributed by atoms with Gasteiger partial charge in [-0.25, -0.2) is 4.79 Å². The predicted octanol–water partition coefficient (Wildman–Crippen LogP) is 3.23. The number of benzene rings is 2. The summed E-state index contributed by atoms with van der Waals surface area (Å²) < 4.78 is 10.9. The Morgan fingerprint density at radius 3 is 2.50 bits per heavy atom. The zero-order valence-electron chi connectivity index (χ0n) is 13.7. The predicted molar refractivity (Wildman–Crippen MR) is 97.1 cm³/mol. The van der Waals surface area contributed by atoms with Gasteiger partial charge in [-0.05, 0) is 37.3 Å². The third-order valence-corrected chi connectivity index (χ3v) is 3.75. The number of carbonyl (C=O) groups excluding carboxylic acids is 2. The number of amides is 1. The first-order valence-electron chi connectivity index (χ1n) is 7.44. The standard InChI is InChI=1S/C17H15BrN2O6/c1-11-2-5-13(8-15(11)20(23)24)19-16(21)9-26-17(22)10-25-14-6-3-12(18)4-7-14/h2-8H,9-10H2,1H3,(H,19,21). The van der Waals surface area contributed by atoms with Gasteiger partial charge in [0, 0.05) is 21.8 Å². The quantitative estimate of drug-likeness (QED) is 0.416. The summed E-state index contributed by atoms with van der Waals surface area (Å²) in [6, 6.07) is 11.2. The van der Waals surface area contributed by atoms with Crippen LogP contribution in [0, 0.1) is 17.0 Å². The fourth-order valence-corrected chi connectivity index (χ4v) is 2.21. The molecule has 0 aromatic heterocycles. The van der Waals surface area contributed by atoms with E-state index in [-0.39, 0.29) is 18.0 Å². The summed E-state index contributed by atoms with van der Waals surface area (Å²) in [4.78, 5) is 33.7. The van der Waals surface area contributed by atoms with Gasteiger partial charge in [0.15, 0.2) is 13.2 Å². The van der Waals surface area contributed by atoms with Crippen molar-refractivity contribution in [2.45, 2.75) is 6.92 Å². The van der Waals surface area contributed by atoms with Crippen LogP contribution in [0.3, 0.4) is 0 Å². The number of esters is 1. The molecule has 0 unspecified atom stereocenters. The van der Waals surface area contributed by atoms with Gasteiger partial charge in [0.25, 0.3) is 11.6 Å². The maximum absolute atomic E-state index is 11.8. The number of nitrogens with one attached hydrogen (secondary N) is 1. The average molecular weight is 423 g/mol. The molecule has 0 radical (unpaired) electrons. The van der Waals surface area contributed by atoms with Crippen LogP contribution in [0.2, 0.25) is 0 Å². The molecule has 0 spiro atoms. The highest BCUT2D eigenvalue weighted by molar-refractivity contribution is 9.10. The zero-order valence-corrected chi connectivity index (χ0v) is 15.3. The third-order valence-electron chi connectivity index (χ3n) is 3.22. The van der Waals surface area contributed by atoms with Crippen LogP contribution in [-0.2, 0) is 14.3 Å². The molecule has 2 aromatic carbocycles. The Morgan fingerprint density at radius 2 is 1.85 bits per heavy atom. The van der Waals surface area contributed by atoms with Gasteiger partial charge in [0.05, 0.1) is 4.92 Å². The zero-order chi connectivity index (χ0) is 19.1. The molecule has 2 rings (SSSR count). The molecule has 0 aliphatic heterocycles. The number of ether oxygens (including phenoxy) is 2. The fraction of sp³-hybridized carbons (Fsp3) is 0.176. The summed E-state index contributed by atoms with van der Waals surface area (Å²) in [5, 5.41) is 13.3. The molecule has 1 amide bonds. The van der Waals surface area contributed by atoms with Crippen molar-refractivity contribution >= 4 is 39.2 Å². The molecule has 0 atom stereocenters. The minimum Gasteiger partial charge on any atom is -0.482 e. The van der Waals surface area contributed by atoms with Crippen molar-refractivity contribution in [1.29, 1.82) is 0 Å². The van der Waals surface area contributed by atoms with Crippen LogP contribution >= 0.6 is 15.9 Å². The first-order chi connectivity index (χ1) is 12.3. The lowest BCUT2D eigenvalue weighted by atomic mass is 10.2. The second-order valence-electron chi connectivity index (χ2n) is 5.21. The number of nitrogens with zero attached hydrogens (tertiary/aromatic N) is 1. The van der Waals surface area contributed by atoms with Gasteiger partial charge in [-0.3, -0.25) is 14.9 Å². The van der Waals surface area contributed by atoms with E-state index in [0.29, 0.717) is 11.3 Å². The maximum Gasteiger partial charge on any atom is 0.344 e. The number of hydrogen-bond donors (Lipinski definition) is 1. The van der Waals surface area contributed by atoms with E-state index in [2.05, 4.69) is 21.2 Å². The van der Waals surface area contributed by atoms with Gasteiger partial charge in [0.1, 0.15) is 5.75 Å². The Balaban J connectivity index is 1.79. The molecule has 0 saturated heterocycles. The second kappa shape index (κ2) is 8.95. The molecule has 26 heavy (non-hydrogen) atoms. The van der Waals surface area contributed by atoms with Gasteiger partial charge >= 0.3 is 5.97 Å². The minimum atomic E-state index is -0.710. The lowest BCUT2D eigenvalue weighted by Crippen LogP contribution is -2.23. The SMILES string of the molecule is Cc1ccc(NC(=O)COC(=O)COc2ccc(Br)cc2)cc1[N+](=O)[O-]. The summed E-state index contributed by atoms with van der Waals surface area (Å²) in [5.74, 6) is -0.834. The van der Waals surface area contributed by atoms with E-state index in [9.17, 15) is 19.7 Å². The van der Waals surface area contributed by atoms with Gasteiger partial charge in [-0.1, -0.05) is 22.0 Å². The number of rotatable bonds is 7. The number of aryl methyl sites for hydroxylation is 1. The lowest BCUT2D eigenvalue weighted by Gasteiger charge is -2.08. The van der Waals surface area contributed by atoms with E-state index in [4.69, 9.17) is 9.47 Å². The van der Waals surface area contributed by atoms with Crippen LogP contribution in [0.15, 0.2) is 46.9 Å². The Hall–Kier alpha value is -2.94. The van der Waals surface area contributed by atoms with Crippen LogP contribution < -0.4 is 10.1 Å². The van der Waals surface area contributed by atoms with Crippen LogP contribution in [0.25, 0.3) is 0 Å². The lowest BCUT2D eigenvalue weighted by molar-refractivity contribution is -0.385. The van der Waals surface area contributed by atoms with Crippen molar-refractivity contribution in [3.63, 3.8) is 0 Å². The van der Waals surface area contributed by atoms with E-state index >= 15 is 0 Å². The highest BCUT2D eigenvalue weighted by Crippen LogP contribution is 2.22. The number of nitro benzene ring substituents is 1. The number of hydrogen-bond acceptors (Lipinski definition) is 6. The molecule has 0 bridgehead atoms. The van der Waals surface area contributed by atoms with Crippen molar-refractivity contribution in [1.82, 2.24) is 0 Å². The molecule has 136 valence electrons. The number of anilines is 1. The van der Waals surface area contributed by atoms with Gasteiger partial charge < -0.3 is 14.8 Å². The Kier molecular flexibility index (Phi) is 6.67. The third kappa shape index (κ3) is 5.85. The van der Waals surface area contributed by atoms with Crippen molar-refractivity contribution in [3.05, 3.63) is 62.6 Å². The van der Waals surface area contributed by atoms with Crippen LogP contribution in [-0.4, -0.2) is 30.0 Å². The first-order valence-corrected chi connectivity index (χ1v) is 8.23. The summed E-state index contributed by atoms with van der Waals surface area (Å²) in [6.45, 7) is 0.728. The summed E-state index contributed by atoms with van der Waals surface area (Å²) in [6.07, 6.45) is 0. The van der Waals surface area contributed by atoms with Crippen LogP contribution in [0.4, 0.5) is 11.4 Å². The van der Waals surface area contributed by atoms with Crippen molar-refractivity contribution in [2.75, 3.05) is 18.5 Å². The van der Waals surface area contributed by atoms with E-state index in [1.165, 1.54) is 18.2 Å². The largest absolute Gasteiger partial charge is 0.482 e. The second-order valence-corrected chi connectivity index (χ2v) is 6.13. The number of carbonyl (C=O) groups is 2. The minimum absolute atomic E-state index is 0.109. The van der Waals surface area contributed by atoms with Crippen LogP contribution in [0.5, 0.6) is 5.75 Å². The summed E-state index contributed by atoms with van der Waals surface area (Å²) in [5.41, 5.74) is 0.613. The molecule has 2 aromatic rings. The Bertz CT molecular complexity index is 823. The van der Waals surface area contributed by atoms with Crippen LogP contribution in [0.1, 0.15) is 5.56 Å². The fourth-order valence-electron chi connectivity index (χ4n) is 1.94. The van der Waals surface area contributed by atoms with Crippen molar-refractivity contribution in [2.24, 2.45) is 0 Å². The van der Waals surface area contributed by atoms with Gasteiger partial charge in [-0.2, -0.15) is 0 Å². The Morgan fingerprint density at radius 1 is 1.15 bits per heavy atom. The van der Waals surface area contributed by atoms with E-state index < -0.39 is 23.4 Å². The Labute approximate surface area is 157 Å². The molecule has 0 aliphatic carbocycles. The van der Waals surface area contributed by atoms with E-state index in [0.717, 1.165) is 4.47 Å². The van der Waals surface area contributed by atoms with Crippen molar-refractivity contribution < 1.29 is 24.0 Å². The highest BCUT2D eigenvalue weighted by atomic mass is 79.9. The maximum atomic E-state index is 11.8.